The van der Waals surface area contributed by atoms with Gasteiger partial charge in [-0.2, -0.15) is 0 Å². The molecule has 0 aromatic carbocycles. The van der Waals surface area contributed by atoms with Crippen LogP contribution in [0.2, 0.25) is 0 Å². The molecule has 0 bridgehead atoms. The zero-order valence-corrected chi connectivity index (χ0v) is 10.2. The average Bonchev–Trinajstić information content (AvgIpc) is 2.52. The van der Waals surface area contributed by atoms with Gasteiger partial charge in [-0.15, -0.1) is 11.3 Å². The first-order valence-electron chi connectivity index (χ1n) is 5.10. The Morgan fingerprint density at radius 2 is 2.29 bits per heavy atom. The molecule has 1 heterocycles. The van der Waals surface area contributed by atoms with Gasteiger partial charge in [0, 0.05) is 11.4 Å². The summed E-state index contributed by atoms with van der Waals surface area (Å²) in [6.45, 7) is 5.55. The zero-order chi connectivity index (χ0) is 10.4. The molecule has 80 valence electrons. The molecule has 0 radical (unpaired) electrons. The maximum atomic E-state index is 3.17. The minimum atomic E-state index is 1.09. The summed E-state index contributed by atoms with van der Waals surface area (Å²) in [6.07, 6.45) is 1.22. The van der Waals surface area contributed by atoms with Crippen molar-refractivity contribution in [2.45, 2.75) is 19.9 Å². The van der Waals surface area contributed by atoms with Gasteiger partial charge in [-0.1, -0.05) is 0 Å². The van der Waals surface area contributed by atoms with Gasteiger partial charge in [0.2, 0.25) is 0 Å². The molecule has 0 aliphatic rings. The highest BCUT2D eigenvalue weighted by Crippen LogP contribution is 2.16. The van der Waals surface area contributed by atoms with Crippen LogP contribution in [0.15, 0.2) is 11.4 Å². The van der Waals surface area contributed by atoms with Crippen LogP contribution < -0.4 is 5.32 Å². The van der Waals surface area contributed by atoms with Gasteiger partial charge in [-0.25, -0.2) is 0 Å². The summed E-state index contributed by atoms with van der Waals surface area (Å²) in [7, 11) is 4.19. The quantitative estimate of drug-likeness (QED) is 0.727. The summed E-state index contributed by atoms with van der Waals surface area (Å²) >= 11 is 1.86. The Bertz CT molecular complexity index is 258. The van der Waals surface area contributed by atoms with E-state index in [0.717, 1.165) is 19.6 Å². The fourth-order valence-corrected chi connectivity index (χ4v) is 2.40. The number of rotatable bonds is 6. The van der Waals surface area contributed by atoms with Gasteiger partial charge in [0.05, 0.1) is 0 Å². The Balaban J connectivity index is 2.27. The molecule has 1 rings (SSSR count). The maximum Gasteiger partial charge on any atom is 0.0327 e. The maximum absolute atomic E-state index is 3.17. The third kappa shape index (κ3) is 3.78. The van der Waals surface area contributed by atoms with Gasteiger partial charge in [0.15, 0.2) is 0 Å². The van der Waals surface area contributed by atoms with Crippen molar-refractivity contribution in [3.63, 3.8) is 0 Å². The van der Waals surface area contributed by atoms with E-state index in [9.17, 15) is 0 Å². The van der Waals surface area contributed by atoms with Gasteiger partial charge < -0.3 is 10.2 Å². The third-order valence-electron chi connectivity index (χ3n) is 2.35. The highest BCUT2D eigenvalue weighted by atomic mass is 32.1. The molecule has 0 amide bonds. The highest BCUT2D eigenvalue weighted by molar-refractivity contribution is 7.10. The Kier molecular flexibility index (Phi) is 5.15. The number of hydrogen-bond donors (Lipinski definition) is 1. The van der Waals surface area contributed by atoms with E-state index in [1.54, 1.807) is 0 Å². The summed E-state index contributed by atoms with van der Waals surface area (Å²) in [5.41, 5.74) is 1.43. The first-order valence-corrected chi connectivity index (χ1v) is 5.98. The van der Waals surface area contributed by atoms with Crippen LogP contribution in [-0.4, -0.2) is 32.1 Å². The normalized spacial score (nSPS) is 11.1. The second-order valence-electron chi connectivity index (χ2n) is 3.72. The Labute approximate surface area is 90.9 Å². The van der Waals surface area contributed by atoms with Crippen LogP contribution in [0.25, 0.3) is 0 Å². The van der Waals surface area contributed by atoms with Crippen molar-refractivity contribution in [1.82, 2.24) is 10.2 Å². The van der Waals surface area contributed by atoms with Crippen molar-refractivity contribution in [3.8, 4) is 0 Å². The lowest BCUT2D eigenvalue weighted by atomic mass is 10.3. The molecule has 0 unspecified atom stereocenters. The van der Waals surface area contributed by atoms with E-state index in [1.807, 2.05) is 18.4 Å². The van der Waals surface area contributed by atoms with Crippen LogP contribution in [0, 0.1) is 6.92 Å². The third-order valence-corrected chi connectivity index (χ3v) is 3.36. The lowest BCUT2D eigenvalue weighted by Gasteiger charge is -2.15. The second kappa shape index (κ2) is 6.17. The topological polar surface area (TPSA) is 15.3 Å². The second-order valence-corrected chi connectivity index (χ2v) is 4.72. The largest absolute Gasteiger partial charge is 0.320 e. The Hall–Kier alpha value is -0.380. The molecule has 14 heavy (non-hydrogen) atoms. The highest BCUT2D eigenvalue weighted by Gasteiger charge is 2.03. The lowest BCUT2D eigenvalue weighted by Crippen LogP contribution is -2.22. The molecular weight excluding hydrogens is 192 g/mol. The number of nitrogens with zero attached hydrogens (tertiary/aromatic N) is 1. The monoisotopic (exact) mass is 212 g/mol. The molecule has 1 aromatic heterocycles. The van der Waals surface area contributed by atoms with Crippen LogP contribution in [0.4, 0.5) is 0 Å². The standard InChI is InChI=1S/C11H20N2S/c1-10-5-8-14-11(10)9-13(3)7-4-6-12-2/h5,8,12H,4,6-7,9H2,1-3H3. The van der Waals surface area contributed by atoms with Crippen molar-refractivity contribution in [2.24, 2.45) is 0 Å². The summed E-state index contributed by atoms with van der Waals surface area (Å²) in [5, 5.41) is 5.34. The number of nitrogens with one attached hydrogen (secondary N) is 1. The van der Waals surface area contributed by atoms with Gasteiger partial charge >= 0.3 is 0 Å². The van der Waals surface area contributed by atoms with Crippen LogP contribution in [-0.2, 0) is 6.54 Å². The van der Waals surface area contributed by atoms with E-state index in [1.165, 1.54) is 16.9 Å². The molecule has 0 aliphatic carbocycles. The van der Waals surface area contributed by atoms with Gasteiger partial charge in [-0.3, -0.25) is 0 Å². The van der Waals surface area contributed by atoms with E-state index >= 15 is 0 Å². The predicted molar refractivity (Wildman–Crippen MR) is 63.9 cm³/mol. The predicted octanol–water partition coefficient (Wildman–Crippen LogP) is 2.10. The Morgan fingerprint density at radius 3 is 2.86 bits per heavy atom. The molecule has 0 aliphatic heterocycles. The van der Waals surface area contributed by atoms with Crippen LogP contribution in [0.5, 0.6) is 0 Å². The van der Waals surface area contributed by atoms with Gasteiger partial charge in [0.25, 0.3) is 0 Å². The summed E-state index contributed by atoms with van der Waals surface area (Å²) in [5.74, 6) is 0. The minimum Gasteiger partial charge on any atom is -0.320 e. The smallest absolute Gasteiger partial charge is 0.0327 e. The molecule has 0 atom stereocenters. The summed E-state index contributed by atoms with van der Waals surface area (Å²) in [6, 6.07) is 2.20. The number of aryl methyl sites for hydroxylation is 1. The van der Waals surface area contributed by atoms with Crippen molar-refractivity contribution >= 4 is 11.3 Å². The van der Waals surface area contributed by atoms with Crippen LogP contribution >= 0.6 is 11.3 Å². The van der Waals surface area contributed by atoms with Gasteiger partial charge in [-0.05, 0) is 57.5 Å². The minimum absolute atomic E-state index is 1.09. The number of thiophene rings is 1. The SMILES string of the molecule is CNCCCN(C)Cc1sccc1C. The number of hydrogen-bond acceptors (Lipinski definition) is 3. The molecule has 2 nitrogen and oxygen atoms in total. The van der Waals surface area contributed by atoms with Crippen LogP contribution in [0.3, 0.4) is 0 Å². The Morgan fingerprint density at radius 1 is 1.50 bits per heavy atom. The molecule has 0 saturated carbocycles. The van der Waals surface area contributed by atoms with Crippen molar-refractivity contribution in [1.29, 1.82) is 0 Å². The molecule has 0 fully saturated rings. The van der Waals surface area contributed by atoms with Crippen LogP contribution in [0.1, 0.15) is 16.9 Å². The summed E-state index contributed by atoms with van der Waals surface area (Å²) < 4.78 is 0. The molecule has 1 aromatic rings. The first kappa shape index (κ1) is 11.7. The molecule has 3 heteroatoms. The van der Waals surface area contributed by atoms with E-state index in [0.29, 0.717) is 0 Å². The fraction of sp³-hybridized carbons (Fsp3) is 0.636. The van der Waals surface area contributed by atoms with E-state index < -0.39 is 0 Å². The molecular formula is C11H20N2S. The van der Waals surface area contributed by atoms with E-state index in [2.05, 4.69) is 35.6 Å². The molecule has 0 spiro atoms. The summed E-state index contributed by atoms with van der Waals surface area (Å²) in [4.78, 5) is 3.88. The van der Waals surface area contributed by atoms with Crippen molar-refractivity contribution in [3.05, 3.63) is 21.9 Å². The molecule has 1 N–H and O–H groups in total. The molecule has 0 saturated heterocycles. The average molecular weight is 212 g/mol. The lowest BCUT2D eigenvalue weighted by molar-refractivity contribution is 0.323. The van der Waals surface area contributed by atoms with E-state index in [4.69, 9.17) is 0 Å². The zero-order valence-electron chi connectivity index (χ0n) is 9.34. The van der Waals surface area contributed by atoms with Gasteiger partial charge in [0.1, 0.15) is 0 Å². The van der Waals surface area contributed by atoms with Crippen molar-refractivity contribution in [2.75, 3.05) is 27.2 Å². The van der Waals surface area contributed by atoms with E-state index in [-0.39, 0.29) is 0 Å². The van der Waals surface area contributed by atoms with Crippen molar-refractivity contribution < 1.29 is 0 Å². The fourth-order valence-electron chi connectivity index (χ4n) is 1.42. The first-order chi connectivity index (χ1) is 6.74.